The SMILES string of the molecule is CC1=Cc2c(-c3ccc(C(C)(C)C)cc3)cccc2[CH]1[Zr]([Cl])([Cl])([CH]1C(C)=C(C)c2c(-c3cccc4ccccc34)cccc21)[SiH](C)C. The van der Waals surface area contributed by atoms with Crippen LogP contribution in [0.5, 0.6) is 0 Å². The molecule has 0 aromatic heterocycles. The van der Waals surface area contributed by atoms with Gasteiger partial charge in [0.2, 0.25) is 0 Å². The van der Waals surface area contributed by atoms with Gasteiger partial charge in [0.1, 0.15) is 0 Å². The van der Waals surface area contributed by atoms with E-state index < -0.39 is 21.5 Å². The van der Waals surface area contributed by atoms with E-state index in [1.54, 1.807) is 0 Å². The second-order valence-electron chi connectivity index (χ2n) is 15.4. The zero-order valence-electron chi connectivity index (χ0n) is 28.9. The fraction of sp³-hybridized carbons (Fsp3) is 0.256. The Balaban J connectivity index is 1.41. The van der Waals surface area contributed by atoms with Crippen molar-refractivity contribution in [3.05, 3.63) is 142 Å². The van der Waals surface area contributed by atoms with Gasteiger partial charge in [-0.15, -0.1) is 0 Å². The molecule has 5 aromatic carbocycles. The van der Waals surface area contributed by atoms with Crippen LogP contribution in [0.1, 0.15) is 76.6 Å². The first-order valence-electron chi connectivity index (χ1n) is 17.0. The summed E-state index contributed by atoms with van der Waals surface area (Å²) in [5.74, 6) is -1.62. The van der Waals surface area contributed by atoms with Gasteiger partial charge in [-0.1, -0.05) is 0 Å². The molecule has 7 rings (SSSR count). The first kappa shape index (κ1) is 33.0. The third kappa shape index (κ3) is 5.00. The Labute approximate surface area is 290 Å². The van der Waals surface area contributed by atoms with Crippen LogP contribution >= 0.6 is 17.0 Å². The molecule has 2 aliphatic carbocycles. The molecule has 47 heavy (non-hydrogen) atoms. The molecule has 0 heterocycles. The van der Waals surface area contributed by atoms with Crippen LogP contribution in [0.3, 0.4) is 0 Å². The van der Waals surface area contributed by atoms with Gasteiger partial charge in [0.15, 0.2) is 0 Å². The summed E-state index contributed by atoms with van der Waals surface area (Å²) in [4.78, 5) is 0. The number of halogens is 2. The molecule has 2 aliphatic rings. The summed E-state index contributed by atoms with van der Waals surface area (Å²) in [5, 5.41) is 2.54. The van der Waals surface area contributed by atoms with Crippen molar-refractivity contribution in [1.82, 2.24) is 0 Å². The van der Waals surface area contributed by atoms with Gasteiger partial charge in [-0.25, -0.2) is 0 Å². The summed E-state index contributed by atoms with van der Waals surface area (Å²) in [6, 6.07) is 38.2. The van der Waals surface area contributed by atoms with Gasteiger partial charge in [0.25, 0.3) is 0 Å². The van der Waals surface area contributed by atoms with E-state index in [2.05, 4.69) is 164 Å². The molecule has 2 unspecified atom stereocenters. The Morgan fingerprint density at radius 3 is 1.91 bits per heavy atom. The molecular weight excluding hydrogens is 707 g/mol. The number of hydrogen-bond acceptors (Lipinski definition) is 0. The van der Waals surface area contributed by atoms with Gasteiger partial charge in [-0.3, -0.25) is 0 Å². The number of fused-ring (bicyclic) bond motifs is 3. The topological polar surface area (TPSA) is 0 Å². The Morgan fingerprint density at radius 2 is 1.23 bits per heavy atom. The summed E-state index contributed by atoms with van der Waals surface area (Å²) in [6.45, 7) is 18.6. The van der Waals surface area contributed by atoms with E-state index in [0.29, 0.717) is 0 Å². The zero-order valence-corrected chi connectivity index (χ0v) is 34.0. The minimum atomic E-state index is -4.79. The van der Waals surface area contributed by atoms with E-state index in [-0.39, 0.29) is 12.7 Å². The fourth-order valence-electron chi connectivity index (χ4n) is 8.79. The third-order valence-corrected chi connectivity index (χ3v) is 63.6. The number of benzene rings is 5. The fourth-order valence-corrected chi connectivity index (χ4v) is 41.7. The van der Waals surface area contributed by atoms with E-state index >= 15 is 0 Å². The Kier molecular flexibility index (Phi) is 8.12. The molecule has 0 saturated carbocycles. The predicted octanol–water partition coefficient (Wildman–Crippen LogP) is 13.5. The molecule has 2 atom stereocenters. The van der Waals surface area contributed by atoms with Gasteiger partial charge in [-0.05, 0) is 0 Å². The van der Waals surface area contributed by atoms with Crippen LogP contribution in [0.2, 0.25) is 13.1 Å². The maximum absolute atomic E-state index is 8.58. The van der Waals surface area contributed by atoms with Crippen LogP contribution in [0.15, 0.2) is 114 Å². The van der Waals surface area contributed by atoms with Crippen LogP contribution < -0.4 is 0 Å². The van der Waals surface area contributed by atoms with Crippen LogP contribution in [0.25, 0.3) is 44.7 Å². The van der Waals surface area contributed by atoms with Crippen LogP contribution in [0.4, 0.5) is 0 Å². The molecule has 5 aromatic rings. The van der Waals surface area contributed by atoms with E-state index in [9.17, 15) is 0 Å². The summed E-state index contributed by atoms with van der Waals surface area (Å²) in [5.41, 5.74) is 15.9. The Bertz CT molecular complexity index is 2120. The average Bonchev–Trinajstić information content (AvgIpc) is 3.53. The van der Waals surface area contributed by atoms with E-state index in [1.807, 2.05) is 0 Å². The van der Waals surface area contributed by atoms with E-state index in [4.69, 9.17) is 17.0 Å². The van der Waals surface area contributed by atoms with Crippen molar-refractivity contribution in [2.75, 3.05) is 0 Å². The van der Waals surface area contributed by atoms with E-state index in [1.165, 1.54) is 77.6 Å². The molecule has 239 valence electrons. The van der Waals surface area contributed by atoms with Crippen LogP contribution in [-0.4, -0.2) is 5.92 Å². The summed E-state index contributed by atoms with van der Waals surface area (Å²) >= 11 is -4.79. The standard InChI is InChI=1S/C21H17.C20H21.C2H7Si.2ClH.Zr/c1-14-13-17-9-6-12-20(21(17)15(14)2)19-11-5-8-16-7-3-4-10-18(16)19;1-14-12-16-6-5-7-18(19(16)13-14)15-8-10-17(11-9-15)20(2,3)4;1-3-2;;;/h3-13H,1-2H3;5-13H,1-4H3;3H,1-2H3;2*1H;/q;;;;;+2/p-2. The summed E-state index contributed by atoms with van der Waals surface area (Å²) in [7, 11) is 17.2. The molecule has 0 radical (unpaired) electrons. The van der Waals surface area contributed by atoms with Gasteiger partial charge >= 0.3 is 293 Å². The first-order chi connectivity index (χ1) is 22.2. The van der Waals surface area contributed by atoms with Crippen molar-refractivity contribution in [1.29, 1.82) is 0 Å². The van der Waals surface area contributed by atoms with Crippen molar-refractivity contribution in [3.8, 4) is 22.3 Å². The second kappa shape index (κ2) is 11.6. The Hall–Kier alpha value is -2.48. The molecule has 0 N–H and O–H groups in total. The van der Waals surface area contributed by atoms with Crippen molar-refractivity contribution >= 4 is 45.4 Å². The third-order valence-electron chi connectivity index (χ3n) is 11.4. The Morgan fingerprint density at radius 1 is 0.638 bits per heavy atom. The van der Waals surface area contributed by atoms with Crippen molar-refractivity contribution in [2.45, 2.75) is 67.3 Å². The molecule has 4 heteroatoms. The molecule has 0 spiro atoms. The molecular formula is C43H45Cl2SiZr. The van der Waals surface area contributed by atoms with Crippen molar-refractivity contribution in [2.24, 2.45) is 0 Å². The maximum atomic E-state index is 8.58. The summed E-state index contributed by atoms with van der Waals surface area (Å²) < 4.78 is 0.153. The number of hydrogen-bond donors (Lipinski definition) is 0. The molecule has 0 nitrogen and oxygen atoms in total. The monoisotopic (exact) mass is 749 g/mol. The summed E-state index contributed by atoms with van der Waals surface area (Å²) in [6.07, 6.45) is 2.41. The van der Waals surface area contributed by atoms with Crippen molar-refractivity contribution < 1.29 is 15.6 Å². The molecule has 0 fully saturated rings. The van der Waals surface area contributed by atoms with Gasteiger partial charge in [0.05, 0.1) is 0 Å². The predicted molar refractivity (Wildman–Crippen MR) is 208 cm³/mol. The molecule has 0 amide bonds. The van der Waals surface area contributed by atoms with Gasteiger partial charge < -0.3 is 0 Å². The van der Waals surface area contributed by atoms with Gasteiger partial charge in [0, 0.05) is 0 Å². The van der Waals surface area contributed by atoms with Crippen LogP contribution in [-0.2, 0) is 21.0 Å². The normalized spacial score (nSPS) is 18.7. The average molecular weight is 752 g/mol. The second-order valence-corrected chi connectivity index (χ2v) is 57.9. The van der Waals surface area contributed by atoms with Crippen LogP contribution in [0, 0.1) is 0 Å². The quantitative estimate of drug-likeness (QED) is 0.157. The van der Waals surface area contributed by atoms with E-state index in [0.717, 1.165) is 0 Å². The number of rotatable bonds is 5. The minimum absolute atomic E-state index is 0.0744. The van der Waals surface area contributed by atoms with Crippen molar-refractivity contribution in [3.63, 3.8) is 0 Å². The first-order valence-corrected chi connectivity index (χ1v) is 33.3. The zero-order chi connectivity index (χ0) is 33.5. The molecule has 0 bridgehead atoms. The number of allylic oxidation sites excluding steroid dienone is 3. The molecule has 0 saturated heterocycles. The molecule has 0 aliphatic heterocycles. The van der Waals surface area contributed by atoms with Gasteiger partial charge in [-0.2, -0.15) is 0 Å².